The van der Waals surface area contributed by atoms with Crippen LogP contribution in [0.25, 0.3) is 21.5 Å². The fourth-order valence-corrected chi connectivity index (χ4v) is 5.62. The number of carbonyl (C=O) groups is 1. The first kappa shape index (κ1) is 25.6. The van der Waals surface area contributed by atoms with Gasteiger partial charge in [0.1, 0.15) is 5.60 Å². The molecule has 2 aliphatic heterocycles. The van der Waals surface area contributed by atoms with Gasteiger partial charge in [-0.25, -0.2) is 24.7 Å². The van der Waals surface area contributed by atoms with Crippen LogP contribution in [0.2, 0.25) is 0 Å². The zero-order chi connectivity index (χ0) is 26.2. The molecule has 2 saturated heterocycles. The lowest BCUT2D eigenvalue weighted by Gasteiger charge is -2.35. The van der Waals surface area contributed by atoms with Crippen molar-refractivity contribution in [2.24, 2.45) is 0 Å². The van der Waals surface area contributed by atoms with Gasteiger partial charge in [0.25, 0.3) is 0 Å². The SMILES string of the molecule is Cc1sc2c(-c3cnc(N)nc3)nc(N3CCOCC3)nc2c1CN1CCN(C(=O)OC(C)(C)C)CC1. The van der Waals surface area contributed by atoms with Crippen molar-refractivity contribution in [3.63, 3.8) is 0 Å². The molecule has 0 atom stereocenters. The van der Waals surface area contributed by atoms with Crippen molar-refractivity contribution in [3.8, 4) is 11.3 Å². The van der Waals surface area contributed by atoms with Crippen molar-refractivity contribution in [2.45, 2.75) is 39.8 Å². The number of hydrogen-bond acceptors (Lipinski definition) is 11. The summed E-state index contributed by atoms with van der Waals surface area (Å²) in [5, 5.41) is 0. The lowest BCUT2D eigenvalue weighted by molar-refractivity contribution is 0.0139. The summed E-state index contributed by atoms with van der Waals surface area (Å²) in [5.41, 5.74) is 9.04. The molecule has 0 aromatic carbocycles. The second-order valence-electron chi connectivity index (χ2n) is 10.4. The van der Waals surface area contributed by atoms with Crippen LogP contribution < -0.4 is 10.6 Å². The zero-order valence-electron chi connectivity index (χ0n) is 21.9. The van der Waals surface area contributed by atoms with Crippen LogP contribution in [0.3, 0.4) is 0 Å². The van der Waals surface area contributed by atoms with E-state index in [1.165, 1.54) is 10.4 Å². The molecule has 2 aliphatic rings. The molecule has 0 radical (unpaired) electrons. The monoisotopic (exact) mass is 526 g/mol. The summed E-state index contributed by atoms with van der Waals surface area (Å²) in [6.07, 6.45) is 3.19. The molecule has 2 N–H and O–H groups in total. The number of nitrogens with two attached hydrogens (primary N) is 1. The maximum absolute atomic E-state index is 12.5. The molecule has 0 bridgehead atoms. The van der Waals surface area contributed by atoms with Gasteiger partial charge < -0.3 is 25.0 Å². The molecule has 11 nitrogen and oxygen atoms in total. The van der Waals surface area contributed by atoms with Crippen LogP contribution in [0.5, 0.6) is 0 Å². The standard InChI is InChI=1S/C25H34N8O3S/c1-16-18(15-31-5-7-33(8-6-31)24(34)36-25(2,3)4)20-21(37-16)19(17-13-27-22(26)28-14-17)29-23(30-20)32-9-11-35-12-10-32/h13-14H,5-12,15H2,1-4H3,(H2,26,27,28). The van der Waals surface area contributed by atoms with Gasteiger partial charge in [0.2, 0.25) is 11.9 Å². The lowest BCUT2D eigenvalue weighted by Crippen LogP contribution is -2.49. The third kappa shape index (κ3) is 5.76. The second kappa shape index (κ2) is 10.3. The first-order valence-electron chi connectivity index (χ1n) is 12.6. The van der Waals surface area contributed by atoms with Crippen LogP contribution in [0.1, 0.15) is 31.2 Å². The number of nitrogens with zero attached hydrogens (tertiary/aromatic N) is 7. The van der Waals surface area contributed by atoms with Gasteiger partial charge in [0.05, 0.1) is 29.1 Å². The van der Waals surface area contributed by atoms with Gasteiger partial charge in [-0.05, 0) is 27.7 Å². The van der Waals surface area contributed by atoms with Crippen molar-refractivity contribution >= 4 is 39.5 Å². The maximum atomic E-state index is 12.5. The number of hydrogen-bond donors (Lipinski definition) is 1. The fraction of sp³-hybridized carbons (Fsp3) is 0.560. The van der Waals surface area contributed by atoms with Crippen molar-refractivity contribution in [2.75, 3.05) is 63.1 Å². The summed E-state index contributed by atoms with van der Waals surface area (Å²) in [5.74, 6) is 0.924. The van der Waals surface area contributed by atoms with Gasteiger partial charge >= 0.3 is 6.09 Å². The molecule has 3 aromatic heterocycles. The molecule has 0 saturated carbocycles. The number of rotatable bonds is 4. The van der Waals surface area contributed by atoms with Gasteiger partial charge in [-0.2, -0.15) is 0 Å². The Bertz CT molecular complexity index is 1260. The molecule has 2 fully saturated rings. The summed E-state index contributed by atoms with van der Waals surface area (Å²) < 4.78 is 12.1. The summed E-state index contributed by atoms with van der Waals surface area (Å²) >= 11 is 1.69. The number of ether oxygens (including phenoxy) is 2. The van der Waals surface area contributed by atoms with Crippen LogP contribution in [0.4, 0.5) is 16.7 Å². The summed E-state index contributed by atoms with van der Waals surface area (Å²) in [6.45, 7) is 14.2. The van der Waals surface area contributed by atoms with E-state index >= 15 is 0 Å². The minimum Gasteiger partial charge on any atom is -0.444 e. The molecule has 0 spiro atoms. The van der Waals surface area contributed by atoms with E-state index in [1.807, 2.05) is 20.8 Å². The van der Waals surface area contributed by atoms with E-state index in [0.29, 0.717) is 32.3 Å². The van der Waals surface area contributed by atoms with Gasteiger partial charge in [0, 0.05) is 74.2 Å². The fourth-order valence-electron chi connectivity index (χ4n) is 4.51. The van der Waals surface area contributed by atoms with E-state index in [4.69, 9.17) is 25.2 Å². The first-order valence-corrected chi connectivity index (χ1v) is 13.4. The number of nitrogen functional groups attached to an aromatic ring is 1. The number of carbonyl (C=O) groups excluding carboxylic acids is 1. The summed E-state index contributed by atoms with van der Waals surface area (Å²) in [6, 6.07) is 0. The van der Waals surface area contributed by atoms with Gasteiger partial charge in [-0.1, -0.05) is 0 Å². The number of anilines is 2. The number of amides is 1. The minimum atomic E-state index is -0.494. The van der Waals surface area contributed by atoms with Crippen molar-refractivity contribution in [1.82, 2.24) is 29.7 Å². The molecule has 5 rings (SSSR count). The summed E-state index contributed by atoms with van der Waals surface area (Å²) in [7, 11) is 0. The Balaban J connectivity index is 1.43. The highest BCUT2D eigenvalue weighted by Crippen LogP contribution is 2.38. The maximum Gasteiger partial charge on any atom is 0.410 e. The van der Waals surface area contributed by atoms with E-state index in [9.17, 15) is 4.79 Å². The normalized spacial score (nSPS) is 17.4. The number of aryl methyl sites for hydroxylation is 1. The third-order valence-corrected chi connectivity index (χ3v) is 7.61. The van der Waals surface area contributed by atoms with Crippen molar-refractivity contribution < 1.29 is 14.3 Å². The number of thiophene rings is 1. The zero-order valence-corrected chi connectivity index (χ0v) is 22.7. The Labute approximate surface area is 220 Å². The van der Waals surface area contributed by atoms with Crippen LogP contribution in [0.15, 0.2) is 12.4 Å². The van der Waals surface area contributed by atoms with Gasteiger partial charge in [-0.3, -0.25) is 4.90 Å². The van der Waals surface area contributed by atoms with Crippen molar-refractivity contribution in [1.29, 1.82) is 0 Å². The lowest BCUT2D eigenvalue weighted by atomic mass is 10.1. The molecule has 198 valence electrons. The average molecular weight is 527 g/mol. The highest BCUT2D eigenvalue weighted by Gasteiger charge is 2.28. The Morgan fingerprint density at radius 3 is 2.41 bits per heavy atom. The predicted octanol–water partition coefficient (Wildman–Crippen LogP) is 2.93. The van der Waals surface area contributed by atoms with E-state index < -0.39 is 5.60 Å². The Morgan fingerprint density at radius 1 is 1.08 bits per heavy atom. The third-order valence-electron chi connectivity index (χ3n) is 6.46. The van der Waals surface area contributed by atoms with Crippen LogP contribution in [-0.2, 0) is 16.0 Å². The largest absolute Gasteiger partial charge is 0.444 e. The minimum absolute atomic E-state index is 0.232. The Kier molecular flexibility index (Phi) is 7.15. The molecule has 5 heterocycles. The predicted molar refractivity (Wildman–Crippen MR) is 144 cm³/mol. The molecule has 0 aliphatic carbocycles. The number of aromatic nitrogens is 4. The molecule has 12 heteroatoms. The van der Waals surface area contributed by atoms with E-state index in [0.717, 1.165) is 54.2 Å². The van der Waals surface area contributed by atoms with Crippen LogP contribution in [-0.4, -0.2) is 93.9 Å². The smallest absolute Gasteiger partial charge is 0.410 e. The Hall–Kier alpha value is -3.09. The van der Waals surface area contributed by atoms with Gasteiger partial charge in [0.15, 0.2) is 0 Å². The highest BCUT2D eigenvalue weighted by atomic mass is 32.1. The molecule has 0 unspecified atom stereocenters. The van der Waals surface area contributed by atoms with E-state index in [-0.39, 0.29) is 12.0 Å². The van der Waals surface area contributed by atoms with Crippen molar-refractivity contribution in [3.05, 3.63) is 22.8 Å². The number of morpholine rings is 1. The highest BCUT2D eigenvalue weighted by molar-refractivity contribution is 7.19. The molecule has 3 aromatic rings. The number of piperazine rings is 1. The average Bonchev–Trinajstić information content (AvgIpc) is 3.19. The Morgan fingerprint density at radius 2 is 1.76 bits per heavy atom. The van der Waals surface area contributed by atoms with E-state index in [2.05, 4.69) is 26.7 Å². The quantitative estimate of drug-likeness (QED) is 0.543. The van der Waals surface area contributed by atoms with Crippen LogP contribution in [0, 0.1) is 6.92 Å². The molecule has 37 heavy (non-hydrogen) atoms. The number of fused-ring (bicyclic) bond motifs is 1. The molecule has 1 amide bonds. The van der Waals surface area contributed by atoms with Crippen LogP contribution >= 0.6 is 11.3 Å². The van der Waals surface area contributed by atoms with Gasteiger partial charge in [-0.15, -0.1) is 11.3 Å². The topological polar surface area (TPSA) is 123 Å². The molecular formula is C25H34N8O3S. The second-order valence-corrected chi connectivity index (χ2v) is 11.6. The first-order chi connectivity index (χ1) is 17.7. The van der Waals surface area contributed by atoms with E-state index in [1.54, 1.807) is 28.6 Å². The molecular weight excluding hydrogens is 492 g/mol. The summed E-state index contributed by atoms with van der Waals surface area (Å²) in [4.78, 5) is 38.4.